The second-order valence-corrected chi connectivity index (χ2v) is 4.65. The molecule has 3 heteroatoms. The van der Waals surface area contributed by atoms with Crippen molar-refractivity contribution in [1.29, 1.82) is 0 Å². The average molecular weight is 282 g/mol. The number of halogens is 2. The molecule has 0 aliphatic heterocycles. The zero-order chi connectivity index (χ0) is 10.4. The quantitative estimate of drug-likeness (QED) is 0.565. The first-order valence-electron chi connectivity index (χ1n) is 4.51. The van der Waals surface area contributed by atoms with Crippen LogP contribution in [0.2, 0.25) is 5.02 Å². The molecule has 0 unspecified atom stereocenters. The summed E-state index contributed by atoms with van der Waals surface area (Å²) in [5.74, 6) is 0. The van der Waals surface area contributed by atoms with Gasteiger partial charge in [0.25, 0.3) is 0 Å². The molecule has 3 rings (SSSR count). The van der Waals surface area contributed by atoms with Gasteiger partial charge in [0.1, 0.15) is 11.8 Å². The van der Waals surface area contributed by atoms with Gasteiger partial charge in [-0.25, -0.2) is 0 Å². The SMILES string of the molecule is Clc1cccc2cc3occ(Br)c3cc12. The first-order valence-corrected chi connectivity index (χ1v) is 5.68. The van der Waals surface area contributed by atoms with Crippen molar-refractivity contribution >= 4 is 49.3 Å². The molecule has 0 bridgehead atoms. The fourth-order valence-electron chi connectivity index (χ4n) is 1.73. The second kappa shape index (κ2) is 3.26. The Balaban J connectivity index is 2.55. The molecule has 0 saturated heterocycles. The Labute approximate surface area is 99.8 Å². The summed E-state index contributed by atoms with van der Waals surface area (Å²) in [7, 11) is 0. The molecule has 0 aliphatic rings. The molecule has 0 spiro atoms. The van der Waals surface area contributed by atoms with E-state index in [0.717, 1.165) is 31.2 Å². The van der Waals surface area contributed by atoms with Crippen molar-refractivity contribution in [2.45, 2.75) is 0 Å². The minimum absolute atomic E-state index is 0.766. The summed E-state index contributed by atoms with van der Waals surface area (Å²) < 4.78 is 6.36. The Morgan fingerprint density at radius 1 is 1.13 bits per heavy atom. The van der Waals surface area contributed by atoms with Crippen molar-refractivity contribution in [3.8, 4) is 0 Å². The van der Waals surface area contributed by atoms with Gasteiger partial charge in [-0.2, -0.15) is 0 Å². The van der Waals surface area contributed by atoms with E-state index in [1.807, 2.05) is 30.3 Å². The summed E-state index contributed by atoms with van der Waals surface area (Å²) in [6, 6.07) is 9.90. The Bertz CT molecular complexity index is 657. The molecule has 2 aromatic carbocycles. The van der Waals surface area contributed by atoms with Crippen molar-refractivity contribution in [1.82, 2.24) is 0 Å². The molecule has 1 heterocycles. The maximum absolute atomic E-state index is 6.13. The van der Waals surface area contributed by atoms with E-state index < -0.39 is 0 Å². The fraction of sp³-hybridized carbons (Fsp3) is 0. The van der Waals surface area contributed by atoms with Gasteiger partial charge >= 0.3 is 0 Å². The van der Waals surface area contributed by atoms with E-state index in [2.05, 4.69) is 15.9 Å². The van der Waals surface area contributed by atoms with E-state index in [4.69, 9.17) is 16.0 Å². The van der Waals surface area contributed by atoms with Crippen LogP contribution in [0, 0.1) is 0 Å². The van der Waals surface area contributed by atoms with E-state index in [9.17, 15) is 0 Å². The van der Waals surface area contributed by atoms with Gasteiger partial charge in [0.05, 0.1) is 4.47 Å². The standard InChI is InChI=1S/C12H6BrClO/c13-10-6-15-12-4-7-2-1-3-11(14)8(7)5-9(10)12/h1-6H. The first kappa shape index (κ1) is 9.25. The van der Waals surface area contributed by atoms with Crippen molar-refractivity contribution in [3.05, 3.63) is 46.1 Å². The molecule has 74 valence electrons. The van der Waals surface area contributed by atoms with Crippen molar-refractivity contribution in [2.75, 3.05) is 0 Å². The van der Waals surface area contributed by atoms with Crippen LogP contribution < -0.4 is 0 Å². The second-order valence-electron chi connectivity index (χ2n) is 3.39. The summed E-state index contributed by atoms with van der Waals surface area (Å²) in [5.41, 5.74) is 0.872. The topological polar surface area (TPSA) is 13.1 Å². The van der Waals surface area contributed by atoms with Gasteiger partial charge in [-0.1, -0.05) is 23.7 Å². The molecular weight excluding hydrogens is 275 g/mol. The largest absolute Gasteiger partial charge is 0.463 e. The highest BCUT2D eigenvalue weighted by atomic mass is 79.9. The van der Waals surface area contributed by atoms with E-state index in [1.165, 1.54) is 0 Å². The number of rotatable bonds is 0. The molecule has 0 aliphatic carbocycles. The maximum Gasteiger partial charge on any atom is 0.135 e. The van der Waals surface area contributed by atoms with Gasteiger partial charge in [0.2, 0.25) is 0 Å². The third-order valence-corrected chi connectivity index (χ3v) is 3.42. The van der Waals surface area contributed by atoms with E-state index in [0.29, 0.717) is 0 Å². The summed E-state index contributed by atoms with van der Waals surface area (Å²) in [5, 5.41) is 3.96. The number of benzene rings is 2. The van der Waals surface area contributed by atoms with Crippen LogP contribution in [-0.2, 0) is 0 Å². The molecule has 15 heavy (non-hydrogen) atoms. The lowest BCUT2D eigenvalue weighted by Crippen LogP contribution is -1.74. The van der Waals surface area contributed by atoms with Gasteiger partial charge in [0, 0.05) is 15.8 Å². The third-order valence-electron chi connectivity index (χ3n) is 2.47. The fourth-order valence-corrected chi connectivity index (χ4v) is 2.37. The van der Waals surface area contributed by atoms with Gasteiger partial charge in [0.15, 0.2) is 0 Å². The van der Waals surface area contributed by atoms with E-state index in [-0.39, 0.29) is 0 Å². The van der Waals surface area contributed by atoms with Crippen molar-refractivity contribution in [3.63, 3.8) is 0 Å². The van der Waals surface area contributed by atoms with Gasteiger partial charge in [-0.3, -0.25) is 0 Å². The summed E-state index contributed by atoms with van der Waals surface area (Å²) in [6.45, 7) is 0. The van der Waals surface area contributed by atoms with Gasteiger partial charge in [-0.05, 0) is 39.5 Å². The van der Waals surface area contributed by atoms with Gasteiger partial charge in [-0.15, -0.1) is 0 Å². The number of hydrogen-bond donors (Lipinski definition) is 0. The Morgan fingerprint density at radius 3 is 2.87 bits per heavy atom. The molecular formula is C12H6BrClO. The molecule has 0 radical (unpaired) electrons. The van der Waals surface area contributed by atoms with E-state index in [1.54, 1.807) is 6.26 Å². The van der Waals surface area contributed by atoms with Crippen LogP contribution >= 0.6 is 27.5 Å². The van der Waals surface area contributed by atoms with Crippen LogP contribution in [0.15, 0.2) is 45.5 Å². The zero-order valence-corrected chi connectivity index (χ0v) is 9.97. The number of hydrogen-bond acceptors (Lipinski definition) is 1. The minimum Gasteiger partial charge on any atom is -0.463 e. The van der Waals surface area contributed by atoms with Crippen molar-refractivity contribution in [2.24, 2.45) is 0 Å². The lowest BCUT2D eigenvalue weighted by atomic mass is 10.1. The van der Waals surface area contributed by atoms with Crippen LogP contribution in [0.5, 0.6) is 0 Å². The van der Waals surface area contributed by atoms with Crippen LogP contribution in [-0.4, -0.2) is 0 Å². The smallest absolute Gasteiger partial charge is 0.135 e. The highest BCUT2D eigenvalue weighted by Gasteiger charge is 2.06. The first-order chi connectivity index (χ1) is 7.25. The average Bonchev–Trinajstić information content (AvgIpc) is 2.59. The molecule has 3 aromatic rings. The zero-order valence-electron chi connectivity index (χ0n) is 7.63. The Morgan fingerprint density at radius 2 is 2.00 bits per heavy atom. The molecule has 0 N–H and O–H groups in total. The molecule has 0 saturated carbocycles. The highest BCUT2D eigenvalue weighted by molar-refractivity contribution is 9.10. The van der Waals surface area contributed by atoms with Crippen LogP contribution in [0.3, 0.4) is 0 Å². The number of furan rings is 1. The van der Waals surface area contributed by atoms with Crippen LogP contribution in [0.25, 0.3) is 21.7 Å². The van der Waals surface area contributed by atoms with Gasteiger partial charge < -0.3 is 4.42 Å². The van der Waals surface area contributed by atoms with Crippen molar-refractivity contribution < 1.29 is 4.42 Å². The highest BCUT2D eigenvalue weighted by Crippen LogP contribution is 2.32. The summed E-state index contributed by atoms with van der Waals surface area (Å²) >= 11 is 9.57. The molecule has 0 fully saturated rings. The predicted octanol–water partition coefficient (Wildman–Crippen LogP) is 5.00. The normalized spacial score (nSPS) is 11.3. The molecule has 1 aromatic heterocycles. The van der Waals surface area contributed by atoms with Crippen LogP contribution in [0.4, 0.5) is 0 Å². The summed E-state index contributed by atoms with van der Waals surface area (Å²) in [6.07, 6.45) is 1.69. The Hall–Kier alpha value is -0.990. The molecule has 0 atom stereocenters. The monoisotopic (exact) mass is 280 g/mol. The summed E-state index contributed by atoms with van der Waals surface area (Å²) in [4.78, 5) is 0. The molecule has 0 amide bonds. The minimum atomic E-state index is 0.766. The maximum atomic E-state index is 6.13. The third kappa shape index (κ3) is 1.36. The lowest BCUT2D eigenvalue weighted by molar-refractivity contribution is 0.614. The van der Waals surface area contributed by atoms with Crippen LogP contribution in [0.1, 0.15) is 0 Å². The lowest BCUT2D eigenvalue weighted by Gasteiger charge is -2.00. The Kier molecular flexibility index (Phi) is 2.01. The number of fused-ring (bicyclic) bond motifs is 2. The van der Waals surface area contributed by atoms with E-state index >= 15 is 0 Å². The molecule has 1 nitrogen and oxygen atoms in total. The predicted molar refractivity (Wildman–Crippen MR) is 66.4 cm³/mol.